The molecule has 0 amide bonds. The largest absolute Gasteiger partial charge is 0.329 e. The summed E-state index contributed by atoms with van der Waals surface area (Å²) in [6.07, 6.45) is 20.7. The van der Waals surface area contributed by atoms with E-state index >= 15 is 0 Å². The number of unbranched alkanes of at least 4 members (excludes halogenated alkanes) is 11. The molecule has 0 unspecified atom stereocenters. The number of rotatable bonds is 26. The van der Waals surface area contributed by atoms with E-state index in [1.165, 1.54) is 106 Å². The summed E-state index contributed by atoms with van der Waals surface area (Å²) in [4.78, 5) is 13.5. The maximum Gasteiger partial charge on any atom is 0.132 e. The van der Waals surface area contributed by atoms with E-state index in [0.717, 1.165) is 45.2 Å². The number of benzene rings is 3. The molecule has 3 aromatic carbocycles. The molecule has 0 aliphatic carbocycles. The van der Waals surface area contributed by atoms with Gasteiger partial charge in [0.2, 0.25) is 0 Å². The third-order valence-corrected chi connectivity index (χ3v) is 10.9. The quantitative estimate of drug-likeness (QED) is 0.0554. The lowest BCUT2D eigenvalue weighted by atomic mass is 9.84. The summed E-state index contributed by atoms with van der Waals surface area (Å²) in [5.41, 5.74) is 19.3. The zero-order valence-corrected chi connectivity index (χ0v) is 36.2. The first-order valence-electron chi connectivity index (χ1n) is 21.5. The lowest BCUT2D eigenvalue weighted by Gasteiger charge is -2.35. The predicted molar refractivity (Wildman–Crippen MR) is 249 cm³/mol. The van der Waals surface area contributed by atoms with Crippen LogP contribution in [0.3, 0.4) is 0 Å². The molecule has 0 heterocycles. The van der Waals surface area contributed by atoms with Crippen LogP contribution in [0.25, 0.3) is 0 Å². The zero-order valence-electron chi connectivity index (χ0n) is 35.4. The minimum Gasteiger partial charge on any atom is -0.329 e. The van der Waals surface area contributed by atoms with Gasteiger partial charge < -0.3 is 22.1 Å². The molecule has 0 atom stereocenters. The van der Waals surface area contributed by atoms with Crippen LogP contribution >= 0.6 is 11.8 Å². The third kappa shape index (κ3) is 26.9. The molecule has 0 aromatic heterocycles. The zero-order chi connectivity index (χ0) is 40.0. The van der Waals surface area contributed by atoms with Crippen molar-refractivity contribution in [1.29, 1.82) is 0 Å². The Morgan fingerprint density at radius 2 is 0.891 bits per heavy atom. The van der Waals surface area contributed by atoms with Crippen molar-refractivity contribution >= 4 is 17.5 Å². The second-order valence-corrected chi connectivity index (χ2v) is 15.5. The molecule has 0 aliphatic heterocycles. The minimum absolute atomic E-state index is 0. The van der Waals surface area contributed by atoms with Crippen molar-refractivity contribution in [2.75, 3.05) is 45.5 Å². The molecule has 0 aliphatic rings. The van der Waals surface area contributed by atoms with Crippen molar-refractivity contribution in [2.24, 2.45) is 17.2 Å². The van der Waals surface area contributed by atoms with Gasteiger partial charge >= 0.3 is 0 Å². The SMILES string of the molecule is C.CCCCCCC(=O)CCCC.CCCCCCCN(C)CCN.CCCCCCSC(c1ccccc1)(c1ccccc1)c1ccccc1.NCCN. The third-order valence-electron chi connectivity index (χ3n) is 9.30. The summed E-state index contributed by atoms with van der Waals surface area (Å²) in [7, 11) is 2.15. The molecule has 0 fully saturated rings. The van der Waals surface area contributed by atoms with Crippen molar-refractivity contribution in [3.63, 3.8) is 0 Å². The number of hydrogen-bond acceptors (Lipinski definition) is 6. The maximum atomic E-state index is 11.2. The fraction of sp³-hybridized carbons (Fsp3) is 0.612. The monoisotopic (exact) mass is 779 g/mol. The number of nitrogens with zero attached hydrogens (tertiary/aromatic N) is 1. The fourth-order valence-electron chi connectivity index (χ4n) is 6.09. The van der Waals surface area contributed by atoms with Crippen molar-refractivity contribution < 1.29 is 4.79 Å². The highest BCUT2D eigenvalue weighted by molar-refractivity contribution is 8.00. The van der Waals surface area contributed by atoms with Crippen molar-refractivity contribution in [1.82, 2.24) is 4.90 Å². The summed E-state index contributed by atoms with van der Waals surface area (Å²) in [6.45, 7) is 13.1. The Hall–Kier alpha value is -2.48. The van der Waals surface area contributed by atoms with Crippen LogP contribution in [-0.2, 0) is 9.54 Å². The first-order chi connectivity index (χ1) is 26.4. The van der Waals surface area contributed by atoms with E-state index in [0.29, 0.717) is 18.9 Å². The standard InChI is InChI=1S/C25H28S.C11H22O.C10H24N2.C2H8N2.CH4/c1-2-3-4-14-21-26-25(22-15-8-5-9-16-22,23-17-10-6-11-18-23)24-19-12-7-13-20-24;1-3-5-7-8-10-11(12)9-6-4-2;1-3-4-5-6-7-9-12(2)10-8-11;3-1-2-4;/h5-13,15-20H,2-4,14,21H2,1H3;3-10H2,1-2H3;3-11H2,1-2H3;1-4H2;1H4. The molecular formula is C49H86N4OS. The second-order valence-electron chi connectivity index (χ2n) is 14.2. The highest BCUT2D eigenvalue weighted by atomic mass is 32.2. The Kier molecular flexibility index (Phi) is 39.5. The maximum absolute atomic E-state index is 11.2. The molecule has 3 aromatic rings. The highest BCUT2D eigenvalue weighted by Crippen LogP contribution is 2.48. The van der Waals surface area contributed by atoms with E-state index in [9.17, 15) is 4.79 Å². The average molecular weight is 779 g/mol. The normalized spacial score (nSPS) is 10.6. The Morgan fingerprint density at radius 3 is 1.29 bits per heavy atom. The van der Waals surface area contributed by atoms with Crippen LogP contribution in [0, 0.1) is 0 Å². The molecular weight excluding hydrogens is 693 g/mol. The van der Waals surface area contributed by atoms with Gasteiger partial charge in [0.25, 0.3) is 0 Å². The molecule has 55 heavy (non-hydrogen) atoms. The predicted octanol–water partition coefficient (Wildman–Crippen LogP) is 12.4. The van der Waals surface area contributed by atoms with E-state index in [-0.39, 0.29) is 12.2 Å². The molecule has 0 spiro atoms. The van der Waals surface area contributed by atoms with Gasteiger partial charge in [-0.05, 0) is 61.7 Å². The van der Waals surface area contributed by atoms with Crippen LogP contribution in [-0.4, -0.2) is 56.2 Å². The molecule has 314 valence electrons. The van der Waals surface area contributed by atoms with Gasteiger partial charge in [-0.25, -0.2) is 0 Å². The number of ketones is 1. The molecule has 0 saturated heterocycles. The topological polar surface area (TPSA) is 98.4 Å². The van der Waals surface area contributed by atoms with E-state index < -0.39 is 0 Å². The number of Topliss-reactive ketones (excluding diaryl/α,β-unsaturated/α-hetero) is 1. The number of likely N-dealkylation sites (N-methyl/N-ethyl adjacent to an activating group) is 1. The van der Waals surface area contributed by atoms with Gasteiger partial charge in [0.15, 0.2) is 0 Å². The van der Waals surface area contributed by atoms with Crippen LogP contribution in [0.4, 0.5) is 0 Å². The number of nitrogens with two attached hydrogens (primary N) is 3. The van der Waals surface area contributed by atoms with Gasteiger partial charge in [0, 0.05) is 39.0 Å². The van der Waals surface area contributed by atoms with E-state index in [2.05, 4.69) is 142 Å². The number of carbonyl (C=O) groups excluding carboxylic acids is 1. The van der Waals surface area contributed by atoms with E-state index in [1.54, 1.807) is 0 Å². The lowest BCUT2D eigenvalue weighted by Crippen LogP contribution is -2.26. The molecule has 6 heteroatoms. The molecule has 0 saturated carbocycles. The number of thioether (sulfide) groups is 1. The highest BCUT2D eigenvalue weighted by Gasteiger charge is 2.36. The molecule has 5 nitrogen and oxygen atoms in total. The van der Waals surface area contributed by atoms with E-state index in [1.807, 2.05) is 0 Å². The van der Waals surface area contributed by atoms with Crippen LogP contribution in [0.1, 0.15) is 161 Å². The summed E-state index contributed by atoms with van der Waals surface area (Å²) in [6, 6.07) is 32.9. The summed E-state index contributed by atoms with van der Waals surface area (Å²) in [5.74, 6) is 1.63. The average Bonchev–Trinajstić information content (AvgIpc) is 3.22. The van der Waals surface area contributed by atoms with Gasteiger partial charge in [-0.3, -0.25) is 4.79 Å². The number of carbonyl (C=O) groups is 1. The van der Waals surface area contributed by atoms with Crippen LogP contribution < -0.4 is 17.2 Å². The first kappa shape index (κ1) is 54.6. The Bertz CT molecular complexity index is 1100. The summed E-state index contributed by atoms with van der Waals surface area (Å²) >= 11 is 2.08. The van der Waals surface area contributed by atoms with Crippen LogP contribution in [0.15, 0.2) is 91.0 Å². The molecule has 6 N–H and O–H groups in total. The summed E-state index contributed by atoms with van der Waals surface area (Å²) < 4.78 is -0.157. The summed E-state index contributed by atoms with van der Waals surface area (Å²) in [5, 5.41) is 0. The van der Waals surface area contributed by atoms with Crippen LogP contribution in [0.5, 0.6) is 0 Å². The van der Waals surface area contributed by atoms with Crippen LogP contribution in [0.2, 0.25) is 0 Å². The number of hydrogen-bond donors (Lipinski definition) is 3. The Balaban J connectivity index is 0. The van der Waals surface area contributed by atoms with Gasteiger partial charge in [0.1, 0.15) is 5.78 Å². The van der Waals surface area contributed by atoms with Gasteiger partial charge in [-0.1, -0.05) is 197 Å². The van der Waals surface area contributed by atoms with Gasteiger partial charge in [0.05, 0.1) is 4.75 Å². The first-order valence-corrected chi connectivity index (χ1v) is 22.5. The van der Waals surface area contributed by atoms with Gasteiger partial charge in [-0.2, -0.15) is 0 Å². The Labute approximate surface area is 345 Å². The van der Waals surface area contributed by atoms with Crippen molar-refractivity contribution in [3.8, 4) is 0 Å². The molecule has 0 bridgehead atoms. The lowest BCUT2D eigenvalue weighted by molar-refractivity contribution is -0.119. The van der Waals surface area contributed by atoms with Crippen molar-refractivity contribution in [3.05, 3.63) is 108 Å². The Morgan fingerprint density at radius 1 is 0.509 bits per heavy atom. The minimum atomic E-state index is -0.157. The fourth-order valence-corrected chi connectivity index (χ4v) is 7.65. The molecule has 3 rings (SSSR count). The second kappa shape index (κ2) is 39.7. The van der Waals surface area contributed by atoms with Gasteiger partial charge in [-0.15, -0.1) is 11.8 Å². The smallest absolute Gasteiger partial charge is 0.132 e. The van der Waals surface area contributed by atoms with Crippen molar-refractivity contribution in [2.45, 2.75) is 149 Å². The molecule has 0 radical (unpaired) electrons. The van der Waals surface area contributed by atoms with E-state index in [4.69, 9.17) is 17.2 Å².